The van der Waals surface area contributed by atoms with E-state index in [1.807, 2.05) is 24.3 Å². The van der Waals surface area contributed by atoms with Gasteiger partial charge >= 0.3 is 5.97 Å². The summed E-state index contributed by atoms with van der Waals surface area (Å²) in [6, 6.07) is 7.72. The van der Waals surface area contributed by atoms with Crippen molar-refractivity contribution in [1.29, 1.82) is 0 Å². The number of benzene rings is 1. The molecule has 1 aliphatic carbocycles. The molecule has 0 unspecified atom stereocenters. The Balaban J connectivity index is 1.70. The minimum atomic E-state index is -0.688. The number of ether oxygens (including phenoxy) is 2. The molecule has 6 nitrogen and oxygen atoms in total. The number of thiophene rings is 1. The van der Waals surface area contributed by atoms with Gasteiger partial charge in [0.15, 0.2) is 0 Å². The first-order chi connectivity index (χ1) is 12.8. The lowest BCUT2D eigenvalue weighted by Gasteiger charge is -2.34. The Morgan fingerprint density at radius 2 is 2.19 bits per heavy atom. The number of rotatable bonds is 2. The van der Waals surface area contributed by atoms with Crippen LogP contribution in [0.1, 0.15) is 16.9 Å². The van der Waals surface area contributed by atoms with Crippen molar-refractivity contribution in [2.75, 3.05) is 18.6 Å². The molecule has 3 aromatic rings. The van der Waals surface area contributed by atoms with E-state index in [0.29, 0.717) is 12.3 Å². The zero-order chi connectivity index (χ0) is 17.7. The van der Waals surface area contributed by atoms with Crippen LogP contribution in [0.2, 0.25) is 0 Å². The fourth-order valence-electron chi connectivity index (χ4n) is 3.81. The molecule has 2 aliphatic rings. The number of anilines is 2. The van der Waals surface area contributed by atoms with Crippen LogP contribution in [-0.4, -0.2) is 35.7 Å². The third-order valence-corrected chi connectivity index (χ3v) is 6.17. The average Bonchev–Trinajstić information content (AvgIpc) is 3.27. The van der Waals surface area contributed by atoms with E-state index in [9.17, 15) is 4.79 Å². The van der Waals surface area contributed by atoms with Gasteiger partial charge in [-0.15, -0.1) is 11.3 Å². The largest absolute Gasteiger partial charge is 0.475 e. The van der Waals surface area contributed by atoms with Crippen molar-refractivity contribution in [3.63, 3.8) is 0 Å². The highest BCUT2D eigenvalue weighted by Crippen LogP contribution is 2.44. The SMILES string of the molecule is COC(=O)[C@H]1CN(c2ncnc3sc4c(c23)CCC4)c2ccccc2O1. The molecule has 0 bridgehead atoms. The Hall–Kier alpha value is -2.67. The van der Waals surface area contributed by atoms with Gasteiger partial charge in [-0.2, -0.15) is 0 Å². The number of aryl methyl sites for hydroxylation is 2. The Morgan fingerprint density at radius 3 is 3.08 bits per heavy atom. The van der Waals surface area contributed by atoms with Crippen LogP contribution in [0.25, 0.3) is 10.2 Å². The number of aromatic nitrogens is 2. The minimum Gasteiger partial charge on any atom is -0.475 e. The molecular weight excluding hydrogens is 350 g/mol. The molecule has 0 N–H and O–H groups in total. The van der Waals surface area contributed by atoms with Gasteiger partial charge in [-0.1, -0.05) is 12.1 Å². The van der Waals surface area contributed by atoms with E-state index in [1.165, 1.54) is 24.0 Å². The lowest BCUT2D eigenvalue weighted by molar-refractivity contribution is -0.148. The molecule has 0 spiro atoms. The molecule has 7 heteroatoms. The van der Waals surface area contributed by atoms with Crippen LogP contribution in [0.3, 0.4) is 0 Å². The number of hydrogen-bond acceptors (Lipinski definition) is 7. The van der Waals surface area contributed by atoms with E-state index in [0.717, 1.165) is 34.6 Å². The van der Waals surface area contributed by atoms with E-state index in [1.54, 1.807) is 17.7 Å². The first-order valence-electron chi connectivity index (χ1n) is 8.62. The first kappa shape index (κ1) is 15.6. The van der Waals surface area contributed by atoms with Crippen molar-refractivity contribution in [2.24, 2.45) is 0 Å². The average molecular weight is 367 g/mol. The number of nitrogens with zero attached hydrogens (tertiary/aromatic N) is 3. The molecule has 0 amide bonds. The summed E-state index contributed by atoms with van der Waals surface area (Å²) in [5.41, 5.74) is 2.27. The number of esters is 1. The van der Waals surface area contributed by atoms with Crippen molar-refractivity contribution in [3.05, 3.63) is 41.0 Å². The summed E-state index contributed by atoms with van der Waals surface area (Å²) in [4.78, 5) is 25.7. The monoisotopic (exact) mass is 367 g/mol. The van der Waals surface area contributed by atoms with Gasteiger partial charge in [-0.05, 0) is 37.0 Å². The maximum atomic E-state index is 12.1. The number of hydrogen-bond donors (Lipinski definition) is 0. The standard InChI is InChI=1S/C19H17N3O3S/c1-24-19(23)14-9-22(12-6-2-3-7-13(12)25-14)17-16-11-5-4-8-15(11)26-18(16)21-10-20-17/h2-3,6-7,10,14H,4-5,8-9H2,1H3/t14-/m1/s1. The van der Waals surface area contributed by atoms with Crippen LogP contribution in [0.5, 0.6) is 5.75 Å². The van der Waals surface area contributed by atoms with Crippen LogP contribution in [0, 0.1) is 0 Å². The number of carbonyl (C=O) groups is 1. The highest BCUT2D eigenvalue weighted by molar-refractivity contribution is 7.19. The predicted molar refractivity (Wildman–Crippen MR) is 99.3 cm³/mol. The van der Waals surface area contributed by atoms with E-state index in [4.69, 9.17) is 9.47 Å². The van der Waals surface area contributed by atoms with Gasteiger partial charge in [-0.3, -0.25) is 0 Å². The summed E-state index contributed by atoms with van der Waals surface area (Å²) in [5, 5.41) is 1.12. The van der Waals surface area contributed by atoms with Gasteiger partial charge < -0.3 is 14.4 Å². The maximum absolute atomic E-state index is 12.1. The molecule has 1 aromatic carbocycles. The van der Waals surface area contributed by atoms with Crippen LogP contribution >= 0.6 is 11.3 Å². The lowest BCUT2D eigenvalue weighted by Crippen LogP contribution is -2.43. The minimum absolute atomic E-state index is 0.362. The Morgan fingerprint density at radius 1 is 1.31 bits per heavy atom. The second-order valence-corrected chi connectivity index (χ2v) is 7.53. The highest BCUT2D eigenvalue weighted by Gasteiger charge is 2.34. The second-order valence-electron chi connectivity index (χ2n) is 6.44. The predicted octanol–water partition coefficient (Wildman–Crippen LogP) is 3.25. The van der Waals surface area contributed by atoms with Crippen molar-refractivity contribution in [3.8, 4) is 5.75 Å². The number of para-hydroxylation sites is 2. The Labute approximate surface area is 154 Å². The molecule has 132 valence electrons. The highest BCUT2D eigenvalue weighted by atomic mass is 32.1. The van der Waals surface area contributed by atoms with E-state index < -0.39 is 6.10 Å². The Kier molecular flexibility index (Phi) is 3.56. The smallest absolute Gasteiger partial charge is 0.348 e. The van der Waals surface area contributed by atoms with Crippen LogP contribution in [0.15, 0.2) is 30.6 Å². The van der Waals surface area contributed by atoms with Crippen molar-refractivity contribution >= 4 is 39.0 Å². The molecule has 2 aromatic heterocycles. The van der Waals surface area contributed by atoms with Crippen molar-refractivity contribution in [2.45, 2.75) is 25.4 Å². The summed E-state index contributed by atoms with van der Waals surface area (Å²) in [7, 11) is 1.38. The number of fused-ring (bicyclic) bond motifs is 4. The van der Waals surface area contributed by atoms with Crippen molar-refractivity contribution in [1.82, 2.24) is 9.97 Å². The van der Waals surface area contributed by atoms with Gasteiger partial charge in [0, 0.05) is 4.88 Å². The quantitative estimate of drug-likeness (QED) is 0.648. The summed E-state index contributed by atoms with van der Waals surface area (Å²) in [6.45, 7) is 0.362. The van der Waals surface area contributed by atoms with Crippen LogP contribution in [0.4, 0.5) is 11.5 Å². The lowest BCUT2D eigenvalue weighted by atomic mass is 10.1. The topological polar surface area (TPSA) is 64.5 Å². The fraction of sp³-hybridized carbons (Fsp3) is 0.316. The van der Waals surface area contributed by atoms with E-state index >= 15 is 0 Å². The van der Waals surface area contributed by atoms with E-state index in [2.05, 4.69) is 14.9 Å². The molecule has 5 rings (SSSR count). The molecule has 1 aliphatic heterocycles. The molecule has 3 heterocycles. The molecule has 0 saturated carbocycles. The molecule has 1 atom stereocenters. The zero-order valence-corrected chi connectivity index (χ0v) is 15.1. The van der Waals surface area contributed by atoms with Gasteiger partial charge in [-0.25, -0.2) is 14.8 Å². The maximum Gasteiger partial charge on any atom is 0.348 e. The summed E-state index contributed by atoms with van der Waals surface area (Å²) in [5.74, 6) is 1.12. The van der Waals surface area contributed by atoms with Gasteiger partial charge in [0.05, 0.1) is 24.7 Å². The third-order valence-electron chi connectivity index (χ3n) is 4.97. The molecular formula is C19H17N3O3S. The zero-order valence-electron chi connectivity index (χ0n) is 14.3. The number of carbonyl (C=O) groups excluding carboxylic acids is 1. The number of methoxy groups -OCH3 is 1. The fourth-order valence-corrected chi connectivity index (χ4v) is 5.03. The molecule has 0 fully saturated rings. The Bertz CT molecular complexity index is 1020. The normalized spacial score (nSPS) is 18.3. The van der Waals surface area contributed by atoms with E-state index in [-0.39, 0.29) is 5.97 Å². The summed E-state index contributed by atoms with van der Waals surface area (Å²) in [6.07, 6.45) is 4.26. The van der Waals surface area contributed by atoms with Gasteiger partial charge in [0.2, 0.25) is 6.10 Å². The summed E-state index contributed by atoms with van der Waals surface area (Å²) >= 11 is 1.76. The first-order valence-corrected chi connectivity index (χ1v) is 9.44. The van der Waals surface area contributed by atoms with Gasteiger partial charge in [0.25, 0.3) is 0 Å². The second kappa shape index (κ2) is 5.95. The summed E-state index contributed by atoms with van der Waals surface area (Å²) < 4.78 is 10.8. The van der Waals surface area contributed by atoms with Crippen LogP contribution < -0.4 is 9.64 Å². The van der Waals surface area contributed by atoms with Gasteiger partial charge in [0.1, 0.15) is 22.7 Å². The van der Waals surface area contributed by atoms with Crippen molar-refractivity contribution < 1.29 is 14.3 Å². The molecule has 26 heavy (non-hydrogen) atoms. The molecule has 0 saturated heterocycles. The van der Waals surface area contributed by atoms with Crippen LogP contribution in [-0.2, 0) is 22.4 Å². The third kappa shape index (κ3) is 2.27. The molecule has 0 radical (unpaired) electrons.